The second-order valence-electron chi connectivity index (χ2n) is 11.4. The lowest BCUT2D eigenvalue weighted by Crippen LogP contribution is -2.60. The average molecular weight is 641 g/mol. The van der Waals surface area contributed by atoms with Crippen molar-refractivity contribution in [3.8, 4) is 23.0 Å². The molecule has 2 saturated heterocycles. The normalized spacial score (nSPS) is 36.5. The first-order chi connectivity index (χ1) is 21.4. The fourth-order valence-electron chi connectivity index (χ4n) is 5.87. The lowest BCUT2D eigenvalue weighted by molar-refractivity contribution is -0.279. The van der Waals surface area contributed by atoms with Gasteiger partial charge in [-0.1, -0.05) is 12.1 Å². The van der Waals surface area contributed by atoms with Gasteiger partial charge in [-0.15, -0.1) is 0 Å². The van der Waals surface area contributed by atoms with Crippen molar-refractivity contribution in [3.05, 3.63) is 46.5 Å². The number of aliphatic hydroxyl groups is 9. The summed E-state index contributed by atoms with van der Waals surface area (Å²) in [6.07, 6.45) is -17.8. The van der Waals surface area contributed by atoms with Gasteiger partial charge in [-0.2, -0.15) is 0 Å². The highest BCUT2D eigenvalue weighted by Gasteiger charge is 2.48. The van der Waals surface area contributed by atoms with E-state index in [9.17, 15) is 46.0 Å². The Morgan fingerprint density at radius 1 is 0.689 bits per heavy atom. The van der Waals surface area contributed by atoms with Crippen molar-refractivity contribution < 1.29 is 74.4 Å². The molecule has 2 aromatic carbocycles. The molecule has 15 nitrogen and oxygen atoms in total. The van der Waals surface area contributed by atoms with Gasteiger partial charge >= 0.3 is 0 Å². The largest absolute Gasteiger partial charge is 0.497 e. The predicted octanol–water partition coefficient (Wildman–Crippen LogP) is -1.77. The van der Waals surface area contributed by atoms with Crippen LogP contribution in [0.15, 0.2) is 24.3 Å². The smallest absolute Gasteiger partial charge is 0.229 e. The Balaban J connectivity index is 1.58. The Kier molecular flexibility index (Phi) is 10.1. The number of aliphatic hydroxyl groups excluding tert-OH is 9. The lowest BCUT2D eigenvalue weighted by atomic mass is 9.90. The molecule has 0 aromatic heterocycles. The molecule has 0 radical (unpaired) electrons. The fraction of sp³-hybridized carbons (Fsp3) is 0.600. The van der Waals surface area contributed by atoms with Crippen LogP contribution in [-0.4, -0.2) is 128 Å². The SMILES string of the molecule is COc1ccc(C2CC(O)c3c(c(C)c(O[C@@H]4O[C@H](CO)[C@@H](O)[C@H](O)[C@H]4O)c(C)c3O[C@@H]3O[C@H](CO)[C@@H](O)[C@H](O)[C@H]3O)O2)cc1. The summed E-state index contributed by atoms with van der Waals surface area (Å²) in [5, 5.41) is 93.3. The van der Waals surface area contributed by atoms with Crippen LogP contribution in [0.1, 0.15) is 40.9 Å². The molecule has 3 aliphatic heterocycles. The number of fused-ring (bicyclic) bond motifs is 1. The standard InChI is InChI=1S/C30H40O15/c1-11-26(44-29-24(38)22(36)20(34)17(9-31)42-29)12(2)28(45-30-25(39)23(37)21(35)18(10-32)43-30)19-15(33)8-16(41-27(11)19)13-4-6-14(40-3)7-5-13/h4-7,15-18,20-25,29-39H,8-10H2,1-3H3/t15?,16?,17-,18-,20-,21-,22+,23+,24-,25-,29+,30+/m1/s1. The second-order valence-corrected chi connectivity index (χ2v) is 11.4. The number of rotatable bonds is 8. The molecular formula is C30H40O15. The number of methoxy groups -OCH3 is 1. The van der Waals surface area contributed by atoms with E-state index in [1.807, 2.05) is 0 Å². The Bertz CT molecular complexity index is 1320. The van der Waals surface area contributed by atoms with Crippen molar-refractivity contribution >= 4 is 0 Å². The van der Waals surface area contributed by atoms with Crippen LogP contribution in [0.25, 0.3) is 0 Å². The molecule has 2 unspecified atom stereocenters. The maximum Gasteiger partial charge on any atom is 0.229 e. The van der Waals surface area contributed by atoms with Gasteiger partial charge in [0.15, 0.2) is 0 Å². The number of hydrogen-bond donors (Lipinski definition) is 9. The number of benzene rings is 2. The first-order valence-corrected chi connectivity index (χ1v) is 14.5. The number of hydrogen-bond acceptors (Lipinski definition) is 15. The summed E-state index contributed by atoms with van der Waals surface area (Å²) in [5.74, 6) is 0.674. The minimum absolute atomic E-state index is 0.0141. The first kappa shape index (κ1) is 33.6. The van der Waals surface area contributed by atoms with E-state index in [4.69, 9.17) is 28.4 Å². The van der Waals surface area contributed by atoms with E-state index >= 15 is 0 Å². The summed E-state index contributed by atoms with van der Waals surface area (Å²) in [6, 6.07) is 7.04. The molecule has 250 valence electrons. The fourth-order valence-corrected chi connectivity index (χ4v) is 5.87. The Labute approximate surface area is 258 Å². The molecular weight excluding hydrogens is 600 g/mol. The van der Waals surface area contributed by atoms with E-state index in [1.165, 1.54) is 14.0 Å². The molecule has 2 fully saturated rings. The third-order valence-corrected chi connectivity index (χ3v) is 8.53. The van der Waals surface area contributed by atoms with E-state index in [0.29, 0.717) is 16.9 Å². The third kappa shape index (κ3) is 6.18. The van der Waals surface area contributed by atoms with Gasteiger partial charge in [-0.3, -0.25) is 0 Å². The predicted molar refractivity (Wildman–Crippen MR) is 151 cm³/mol. The average Bonchev–Trinajstić information content (AvgIpc) is 3.04. The van der Waals surface area contributed by atoms with Gasteiger partial charge in [0.1, 0.15) is 77.9 Å². The Hall–Kier alpha value is -2.80. The van der Waals surface area contributed by atoms with Crippen molar-refractivity contribution in [2.24, 2.45) is 0 Å². The second kappa shape index (κ2) is 13.5. The summed E-state index contributed by atoms with van der Waals surface area (Å²) < 4.78 is 34.8. The molecule has 3 heterocycles. The van der Waals surface area contributed by atoms with Crippen molar-refractivity contribution in [1.82, 2.24) is 0 Å². The summed E-state index contributed by atoms with van der Waals surface area (Å²) in [4.78, 5) is 0. The lowest BCUT2D eigenvalue weighted by Gasteiger charge is -2.42. The molecule has 9 N–H and O–H groups in total. The summed E-state index contributed by atoms with van der Waals surface area (Å²) in [7, 11) is 1.53. The topological polar surface area (TPSA) is 237 Å². The van der Waals surface area contributed by atoms with E-state index in [0.717, 1.165) is 0 Å². The quantitative estimate of drug-likeness (QED) is 0.155. The van der Waals surface area contributed by atoms with Crippen molar-refractivity contribution in [1.29, 1.82) is 0 Å². The van der Waals surface area contributed by atoms with Gasteiger partial charge in [0.05, 0.1) is 32.0 Å². The van der Waals surface area contributed by atoms with Crippen LogP contribution >= 0.6 is 0 Å². The van der Waals surface area contributed by atoms with Gasteiger partial charge in [-0.05, 0) is 31.5 Å². The zero-order valence-corrected chi connectivity index (χ0v) is 24.8. The van der Waals surface area contributed by atoms with E-state index in [1.54, 1.807) is 31.2 Å². The first-order valence-electron chi connectivity index (χ1n) is 14.5. The van der Waals surface area contributed by atoms with Crippen LogP contribution in [0.2, 0.25) is 0 Å². The van der Waals surface area contributed by atoms with Crippen LogP contribution < -0.4 is 18.9 Å². The third-order valence-electron chi connectivity index (χ3n) is 8.53. The summed E-state index contributed by atoms with van der Waals surface area (Å²) >= 11 is 0. The van der Waals surface area contributed by atoms with Gasteiger partial charge in [0.25, 0.3) is 0 Å². The summed E-state index contributed by atoms with van der Waals surface area (Å²) in [6.45, 7) is 1.77. The van der Waals surface area contributed by atoms with Gasteiger partial charge < -0.3 is 74.4 Å². The zero-order valence-electron chi connectivity index (χ0n) is 24.8. The number of ether oxygens (including phenoxy) is 6. The van der Waals surface area contributed by atoms with Crippen molar-refractivity contribution in [2.45, 2.75) is 93.9 Å². The van der Waals surface area contributed by atoms with E-state index in [-0.39, 0.29) is 34.8 Å². The molecule has 0 aliphatic carbocycles. The molecule has 12 atom stereocenters. The van der Waals surface area contributed by atoms with Crippen molar-refractivity contribution in [2.75, 3.05) is 20.3 Å². The maximum absolute atomic E-state index is 11.5. The monoisotopic (exact) mass is 640 g/mol. The van der Waals surface area contributed by atoms with E-state index in [2.05, 4.69) is 0 Å². The minimum Gasteiger partial charge on any atom is -0.497 e. The van der Waals surface area contributed by atoms with Gasteiger partial charge in [0, 0.05) is 17.5 Å². The molecule has 0 spiro atoms. The van der Waals surface area contributed by atoms with Gasteiger partial charge in [-0.25, -0.2) is 0 Å². The van der Waals surface area contributed by atoms with Crippen LogP contribution in [0.4, 0.5) is 0 Å². The maximum atomic E-state index is 11.5. The van der Waals surface area contributed by atoms with Crippen LogP contribution in [-0.2, 0) is 9.47 Å². The minimum atomic E-state index is -1.78. The zero-order chi connectivity index (χ0) is 32.7. The van der Waals surface area contributed by atoms with Crippen molar-refractivity contribution in [3.63, 3.8) is 0 Å². The van der Waals surface area contributed by atoms with E-state index < -0.39 is 86.8 Å². The molecule has 45 heavy (non-hydrogen) atoms. The Morgan fingerprint density at radius 3 is 1.69 bits per heavy atom. The van der Waals surface area contributed by atoms with Gasteiger partial charge in [0.2, 0.25) is 12.6 Å². The molecule has 3 aliphatic rings. The Morgan fingerprint density at radius 2 is 1.20 bits per heavy atom. The highest BCUT2D eigenvalue weighted by atomic mass is 16.7. The van der Waals surface area contributed by atoms with Crippen LogP contribution in [0.3, 0.4) is 0 Å². The highest BCUT2D eigenvalue weighted by Crippen LogP contribution is 2.53. The molecule has 15 heteroatoms. The van der Waals surface area contributed by atoms with Crippen LogP contribution in [0.5, 0.6) is 23.0 Å². The molecule has 5 rings (SSSR count). The highest BCUT2D eigenvalue weighted by molar-refractivity contribution is 5.63. The molecule has 0 amide bonds. The summed E-state index contributed by atoms with van der Waals surface area (Å²) in [5.41, 5.74) is 1.41. The molecule has 2 aromatic rings. The molecule has 0 saturated carbocycles. The molecule has 0 bridgehead atoms. The van der Waals surface area contributed by atoms with Crippen LogP contribution in [0, 0.1) is 13.8 Å².